The van der Waals surface area contributed by atoms with Crippen molar-refractivity contribution in [2.45, 2.75) is 25.3 Å². The maximum atomic E-state index is 3.47. The summed E-state index contributed by atoms with van der Waals surface area (Å²) in [5.41, 5.74) is 1.49. The first-order valence-corrected chi connectivity index (χ1v) is 8.15. The average Bonchev–Trinajstić information content (AvgIpc) is 2.55. The first-order valence-electron chi connectivity index (χ1n) is 8.15. The first-order chi connectivity index (χ1) is 9.93. The maximum absolute atomic E-state index is 3.47. The molecule has 110 valence electrons. The zero-order chi connectivity index (χ0) is 13.6. The van der Waals surface area contributed by atoms with Crippen LogP contribution in [0.2, 0.25) is 0 Å². The second-order valence-corrected chi connectivity index (χ2v) is 6.07. The molecule has 20 heavy (non-hydrogen) atoms. The van der Waals surface area contributed by atoms with Crippen LogP contribution >= 0.6 is 0 Å². The molecule has 2 fully saturated rings. The summed E-state index contributed by atoms with van der Waals surface area (Å²) in [7, 11) is 0. The fourth-order valence-electron chi connectivity index (χ4n) is 3.49. The number of benzene rings is 1. The van der Waals surface area contributed by atoms with Gasteiger partial charge in [-0.1, -0.05) is 36.8 Å². The Kier molecular flexibility index (Phi) is 5.06. The zero-order valence-corrected chi connectivity index (χ0v) is 12.4. The van der Waals surface area contributed by atoms with Gasteiger partial charge in [-0.2, -0.15) is 0 Å². The minimum Gasteiger partial charge on any atom is -0.314 e. The summed E-state index contributed by atoms with van der Waals surface area (Å²) in [6.45, 7) is 8.38. The second kappa shape index (κ2) is 7.21. The molecule has 1 aromatic carbocycles. The lowest BCUT2D eigenvalue weighted by atomic mass is 10.0. The smallest absolute Gasteiger partial charge is 0.0476 e. The maximum Gasteiger partial charge on any atom is 0.0476 e. The summed E-state index contributed by atoms with van der Waals surface area (Å²) < 4.78 is 0. The highest BCUT2D eigenvalue weighted by Crippen LogP contribution is 2.23. The quantitative estimate of drug-likeness (QED) is 0.906. The van der Waals surface area contributed by atoms with Crippen molar-refractivity contribution in [1.29, 1.82) is 0 Å². The van der Waals surface area contributed by atoms with Crippen LogP contribution < -0.4 is 5.32 Å². The van der Waals surface area contributed by atoms with E-state index in [1.807, 2.05) is 0 Å². The highest BCUT2D eigenvalue weighted by molar-refractivity contribution is 5.19. The predicted molar refractivity (Wildman–Crippen MR) is 83.9 cm³/mol. The molecular formula is C17H27N3. The Balaban J connectivity index is 1.72. The number of likely N-dealkylation sites (tertiary alicyclic amines) is 1. The van der Waals surface area contributed by atoms with E-state index in [0.717, 1.165) is 13.1 Å². The minimum absolute atomic E-state index is 0.566. The van der Waals surface area contributed by atoms with E-state index in [0.29, 0.717) is 6.04 Å². The van der Waals surface area contributed by atoms with Crippen LogP contribution in [0.1, 0.15) is 30.9 Å². The molecule has 1 unspecified atom stereocenters. The fourth-order valence-corrected chi connectivity index (χ4v) is 3.49. The van der Waals surface area contributed by atoms with Crippen molar-refractivity contribution >= 4 is 0 Å². The van der Waals surface area contributed by atoms with Crippen LogP contribution in [0.3, 0.4) is 0 Å². The zero-order valence-electron chi connectivity index (χ0n) is 12.4. The van der Waals surface area contributed by atoms with Crippen molar-refractivity contribution in [2.24, 2.45) is 0 Å². The molecule has 0 radical (unpaired) electrons. The largest absolute Gasteiger partial charge is 0.314 e. The molecule has 1 N–H and O–H groups in total. The van der Waals surface area contributed by atoms with Gasteiger partial charge in [0.1, 0.15) is 0 Å². The predicted octanol–water partition coefficient (Wildman–Crippen LogP) is 2.12. The van der Waals surface area contributed by atoms with Crippen molar-refractivity contribution in [2.75, 3.05) is 45.8 Å². The summed E-state index contributed by atoms with van der Waals surface area (Å²) in [6, 6.07) is 11.7. The van der Waals surface area contributed by atoms with E-state index in [-0.39, 0.29) is 0 Å². The Morgan fingerprint density at radius 1 is 0.900 bits per heavy atom. The van der Waals surface area contributed by atoms with E-state index < -0.39 is 0 Å². The molecule has 1 atom stereocenters. The molecule has 3 rings (SSSR count). The number of nitrogens with zero attached hydrogens (tertiary/aromatic N) is 2. The Morgan fingerprint density at radius 2 is 1.60 bits per heavy atom. The van der Waals surface area contributed by atoms with Crippen LogP contribution in [0, 0.1) is 0 Å². The van der Waals surface area contributed by atoms with Crippen LogP contribution in [0.5, 0.6) is 0 Å². The molecule has 0 saturated carbocycles. The fraction of sp³-hybridized carbons (Fsp3) is 0.647. The molecule has 0 bridgehead atoms. The van der Waals surface area contributed by atoms with Crippen LogP contribution in [-0.4, -0.2) is 55.6 Å². The normalized spacial score (nSPS) is 23.6. The number of hydrogen-bond donors (Lipinski definition) is 1. The standard InChI is InChI=1S/C17H27N3/c1-3-7-16(8-4-1)17(20-13-9-18-10-14-20)15-19-11-5-2-6-12-19/h1,3-4,7-8,17-18H,2,5-6,9-15H2. The second-order valence-electron chi connectivity index (χ2n) is 6.07. The van der Waals surface area contributed by atoms with Crippen LogP contribution in [0.25, 0.3) is 0 Å². The Bertz CT molecular complexity index is 380. The van der Waals surface area contributed by atoms with Crippen molar-refractivity contribution < 1.29 is 0 Å². The molecule has 2 aliphatic heterocycles. The monoisotopic (exact) mass is 273 g/mol. The van der Waals surface area contributed by atoms with Gasteiger partial charge in [0, 0.05) is 38.8 Å². The molecule has 2 aliphatic rings. The highest BCUT2D eigenvalue weighted by Gasteiger charge is 2.24. The molecular weight excluding hydrogens is 246 g/mol. The molecule has 2 heterocycles. The summed E-state index contributed by atoms with van der Waals surface area (Å²) in [5, 5.41) is 3.47. The van der Waals surface area contributed by atoms with Crippen molar-refractivity contribution in [3.05, 3.63) is 35.9 Å². The summed E-state index contributed by atoms with van der Waals surface area (Å²) in [6.07, 6.45) is 4.17. The van der Waals surface area contributed by atoms with Crippen molar-refractivity contribution in [1.82, 2.24) is 15.1 Å². The molecule has 3 nitrogen and oxygen atoms in total. The third-order valence-electron chi connectivity index (χ3n) is 4.66. The topological polar surface area (TPSA) is 18.5 Å². The Morgan fingerprint density at radius 3 is 2.30 bits per heavy atom. The van der Waals surface area contributed by atoms with E-state index in [1.165, 1.54) is 57.5 Å². The van der Waals surface area contributed by atoms with Gasteiger partial charge in [0.05, 0.1) is 0 Å². The average molecular weight is 273 g/mol. The van der Waals surface area contributed by atoms with Gasteiger partial charge < -0.3 is 10.2 Å². The number of piperidine rings is 1. The van der Waals surface area contributed by atoms with Crippen molar-refractivity contribution in [3.8, 4) is 0 Å². The summed E-state index contributed by atoms with van der Waals surface area (Å²) >= 11 is 0. The van der Waals surface area contributed by atoms with Gasteiger partial charge in [0.2, 0.25) is 0 Å². The van der Waals surface area contributed by atoms with Gasteiger partial charge in [-0.05, 0) is 31.5 Å². The van der Waals surface area contributed by atoms with E-state index in [4.69, 9.17) is 0 Å². The Labute approximate surface area is 123 Å². The van der Waals surface area contributed by atoms with E-state index in [2.05, 4.69) is 45.4 Å². The third-order valence-corrected chi connectivity index (χ3v) is 4.66. The lowest BCUT2D eigenvalue weighted by Gasteiger charge is -2.39. The van der Waals surface area contributed by atoms with Crippen LogP contribution in [-0.2, 0) is 0 Å². The molecule has 3 heteroatoms. The molecule has 0 amide bonds. The van der Waals surface area contributed by atoms with Gasteiger partial charge in [0.15, 0.2) is 0 Å². The SMILES string of the molecule is c1ccc(C(CN2CCCCC2)N2CCNCC2)cc1. The lowest BCUT2D eigenvalue weighted by molar-refractivity contribution is 0.114. The van der Waals surface area contributed by atoms with E-state index >= 15 is 0 Å². The van der Waals surface area contributed by atoms with Crippen LogP contribution in [0.15, 0.2) is 30.3 Å². The van der Waals surface area contributed by atoms with Gasteiger partial charge >= 0.3 is 0 Å². The molecule has 2 saturated heterocycles. The van der Waals surface area contributed by atoms with Gasteiger partial charge in [-0.25, -0.2) is 0 Å². The number of piperazine rings is 1. The van der Waals surface area contributed by atoms with Gasteiger partial charge in [-0.15, -0.1) is 0 Å². The summed E-state index contributed by atoms with van der Waals surface area (Å²) in [5.74, 6) is 0. The Hall–Kier alpha value is -0.900. The van der Waals surface area contributed by atoms with Crippen LogP contribution in [0.4, 0.5) is 0 Å². The molecule has 1 aromatic rings. The lowest BCUT2D eigenvalue weighted by Crippen LogP contribution is -2.48. The van der Waals surface area contributed by atoms with Gasteiger partial charge in [0.25, 0.3) is 0 Å². The molecule has 0 spiro atoms. The third kappa shape index (κ3) is 3.60. The van der Waals surface area contributed by atoms with Crippen molar-refractivity contribution in [3.63, 3.8) is 0 Å². The summed E-state index contributed by atoms with van der Waals surface area (Å²) in [4.78, 5) is 5.34. The van der Waals surface area contributed by atoms with E-state index in [9.17, 15) is 0 Å². The van der Waals surface area contributed by atoms with E-state index in [1.54, 1.807) is 0 Å². The molecule has 0 aliphatic carbocycles. The highest BCUT2D eigenvalue weighted by atomic mass is 15.2. The van der Waals surface area contributed by atoms with Gasteiger partial charge in [-0.3, -0.25) is 4.90 Å². The number of nitrogens with one attached hydrogen (secondary N) is 1. The number of hydrogen-bond acceptors (Lipinski definition) is 3. The number of rotatable bonds is 4. The minimum atomic E-state index is 0.566. The molecule has 0 aromatic heterocycles. The first kappa shape index (κ1) is 14.1.